The summed E-state index contributed by atoms with van der Waals surface area (Å²) in [5, 5.41) is 12.6. The Bertz CT molecular complexity index is 777. The van der Waals surface area contributed by atoms with E-state index < -0.39 is 5.91 Å². The smallest absolute Gasteiger partial charge is 0.274 e. The average Bonchev–Trinajstić information content (AvgIpc) is 2.89. The van der Waals surface area contributed by atoms with Crippen molar-refractivity contribution < 1.29 is 14.8 Å². The molecule has 0 aromatic heterocycles. The van der Waals surface area contributed by atoms with Crippen LogP contribution in [0.1, 0.15) is 23.7 Å². The minimum absolute atomic E-state index is 0.0332. The lowest BCUT2D eigenvalue weighted by atomic mass is 10.1. The largest absolute Gasteiger partial charge is 0.380 e. The number of nitrogens with zero attached hydrogens (tertiary/aromatic N) is 1. The van der Waals surface area contributed by atoms with Gasteiger partial charge in [-0.15, -0.1) is 0 Å². The second-order valence-electron chi connectivity index (χ2n) is 5.95. The summed E-state index contributed by atoms with van der Waals surface area (Å²) < 4.78 is 0. The van der Waals surface area contributed by atoms with Crippen molar-refractivity contribution in [2.75, 3.05) is 10.2 Å². The molecular weight excluding hydrogens is 342 g/mol. The van der Waals surface area contributed by atoms with E-state index in [2.05, 4.69) is 5.32 Å². The summed E-state index contributed by atoms with van der Waals surface area (Å²) in [5.74, 6) is -0.520. The molecule has 3 N–H and O–H groups in total. The molecule has 1 aliphatic rings. The number of rotatable bonds is 4. The molecule has 130 valence electrons. The van der Waals surface area contributed by atoms with Gasteiger partial charge in [0.25, 0.3) is 5.91 Å². The molecule has 2 amide bonds. The number of anilines is 2. The highest BCUT2D eigenvalue weighted by molar-refractivity contribution is 6.30. The fraction of sp³-hybridized carbons (Fsp3) is 0.222. The Labute approximate surface area is 150 Å². The molecule has 0 bridgehead atoms. The van der Waals surface area contributed by atoms with Crippen LogP contribution in [-0.2, 0) is 4.79 Å². The molecule has 1 aliphatic heterocycles. The van der Waals surface area contributed by atoms with E-state index in [1.807, 2.05) is 19.1 Å². The van der Waals surface area contributed by atoms with E-state index >= 15 is 0 Å². The van der Waals surface area contributed by atoms with Gasteiger partial charge in [0.15, 0.2) is 0 Å². The lowest BCUT2D eigenvalue weighted by molar-refractivity contribution is -0.117. The highest BCUT2D eigenvalue weighted by Gasteiger charge is 2.37. The van der Waals surface area contributed by atoms with Crippen LogP contribution in [0.4, 0.5) is 11.4 Å². The maximum absolute atomic E-state index is 12.4. The normalized spacial score (nSPS) is 19.8. The van der Waals surface area contributed by atoms with Crippen molar-refractivity contribution in [2.24, 2.45) is 0 Å². The van der Waals surface area contributed by atoms with Gasteiger partial charge < -0.3 is 10.2 Å². The molecule has 0 radical (unpaired) electrons. The van der Waals surface area contributed by atoms with E-state index in [0.717, 1.165) is 11.4 Å². The molecule has 1 unspecified atom stereocenters. The third kappa shape index (κ3) is 3.60. The van der Waals surface area contributed by atoms with Gasteiger partial charge in [0.2, 0.25) is 5.91 Å². The number of halogens is 1. The van der Waals surface area contributed by atoms with E-state index in [9.17, 15) is 9.59 Å². The number of carbonyl (C=O) groups excluding carboxylic acids is 2. The van der Waals surface area contributed by atoms with Crippen molar-refractivity contribution in [1.29, 1.82) is 0 Å². The number of hydrogen-bond donors (Lipinski definition) is 3. The molecule has 6 nitrogen and oxygen atoms in total. The maximum atomic E-state index is 12.4. The Kier molecular flexibility index (Phi) is 4.92. The Morgan fingerprint density at radius 2 is 1.80 bits per heavy atom. The number of hydrogen-bond acceptors (Lipinski definition) is 4. The van der Waals surface area contributed by atoms with Gasteiger partial charge in [-0.25, -0.2) is 5.48 Å². The van der Waals surface area contributed by atoms with Gasteiger partial charge >= 0.3 is 0 Å². The van der Waals surface area contributed by atoms with E-state index in [1.165, 1.54) is 0 Å². The molecule has 0 spiro atoms. The zero-order valence-corrected chi connectivity index (χ0v) is 14.3. The predicted molar refractivity (Wildman–Crippen MR) is 96.1 cm³/mol. The molecule has 25 heavy (non-hydrogen) atoms. The zero-order valence-electron chi connectivity index (χ0n) is 13.6. The number of benzene rings is 2. The van der Waals surface area contributed by atoms with Crippen LogP contribution in [-0.4, -0.2) is 29.1 Å². The van der Waals surface area contributed by atoms with Crippen LogP contribution in [0.3, 0.4) is 0 Å². The van der Waals surface area contributed by atoms with E-state index in [0.29, 0.717) is 17.0 Å². The first-order valence-corrected chi connectivity index (χ1v) is 8.26. The van der Waals surface area contributed by atoms with Crippen molar-refractivity contribution in [3.05, 3.63) is 59.1 Å². The minimum atomic E-state index is -0.565. The summed E-state index contributed by atoms with van der Waals surface area (Å²) >= 11 is 5.91. The highest BCUT2D eigenvalue weighted by Crippen LogP contribution is 2.29. The second-order valence-corrected chi connectivity index (χ2v) is 6.39. The third-order valence-electron chi connectivity index (χ3n) is 4.36. The van der Waals surface area contributed by atoms with Crippen LogP contribution in [0.25, 0.3) is 0 Å². The van der Waals surface area contributed by atoms with Gasteiger partial charge in [0.1, 0.15) is 0 Å². The van der Waals surface area contributed by atoms with Crippen LogP contribution in [0.15, 0.2) is 48.5 Å². The van der Waals surface area contributed by atoms with Crippen molar-refractivity contribution in [1.82, 2.24) is 5.48 Å². The highest BCUT2D eigenvalue weighted by atomic mass is 35.5. The molecule has 2 atom stereocenters. The summed E-state index contributed by atoms with van der Waals surface area (Å²) in [6.07, 6.45) is 0.378. The van der Waals surface area contributed by atoms with E-state index in [1.54, 1.807) is 46.8 Å². The molecule has 7 heteroatoms. The standard InChI is InChI=1S/C18H18ClN3O3/c1-11-16(20-14-6-2-12(3-7-14)18(24)21-25)10-17(23)22(11)15-8-4-13(19)5-9-15/h2-9,11,16,20,25H,10H2,1H3,(H,21,24)/t11-,16?/m0/s1. The Morgan fingerprint density at radius 3 is 2.40 bits per heavy atom. The number of amides is 2. The van der Waals surface area contributed by atoms with Gasteiger partial charge in [-0.1, -0.05) is 11.6 Å². The molecule has 1 fully saturated rings. The van der Waals surface area contributed by atoms with Crippen LogP contribution in [0, 0.1) is 0 Å². The molecule has 3 rings (SSSR count). The first-order chi connectivity index (χ1) is 12.0. The number of nitrogens with one attached hydrogen (secondary N) is 2. The molecule has 2 aromatic carbocycles. The maximum Gasteiger partial charge on any atom is 0.274 e. The summed E-state index contributed by atoms with van der Waals surface area (Å²) in [7, 11) is 0. The third-order valence-corrected chi connectivity index (χ3v) is 4.61. The molecule has 0 aliphatic carbocycles. The quantitative estimate of drug-likeness (QED) is 0.579. The van der Waals surface area contributed by atoms with Crippen molar-refractivity contribution in [2.45, 2.75) is 25.4 Å². The average molecular weight is 360 g/mol. The van der Waals surface area contributed by atoms with Gasteiger partial charge in [-0.2, -0.15) is 0 Å². The summed E-state index contributed by atoms with van der Waals surface area (Å²) in [4.78, 5) is 25.5. The van der Waals surface area contributed by atoms with Crippen LogP contribution in [0.2, 0.25) is 5.02 Å². The van der Waals surface area contributed by atoms with E-state index in [4.69, 9.17) is 16.8 Å². The molecule has 2 aromatic rings. The SMILES string of the molecule is C[C@H]1C(Nc2ccc(C(=O)NO)cc2)CC(=O)N1c1ccc(Cl)cc1. The van der Waals surface area contributed by atoms with Gasteiger partial charge in [-0.3, -0.25) is 14.8 Å². The summed E-state index contributed by atoms with van der Waals surface area (Å²) in [5.41, 5.74) is 3.57. The fourth-order valence-corrected chi connectivity index (χ4v) is 3.14. The zero-order chi connectivity index (χ0) is 18.0. The first-order valence-electron chi connectivity index (χ1n) is 7.88. The molecule has 0 saturated carbocycles. The van der Waals surface area contributed by atoms with Gasteiger partial charge in [0.05, 0.1) is 12.1 Å². The van der Waals surface area contributed by atoms with Gasteiger partial charge in [0, 0.05) is 28.4 Å². The molecule has 1 saturated heterocycles. The Balaban J connectivity index is 1.72. The number of carbonyl (C=O) groups is 2. The minimum Gasteiger partial charge on any atom is -0.380 e. The van der Waals surface area contributed by atoms with Crippen molar-refractivity contribution in [3.8, 4) is 0 Å². The van der Waals surface area contributed by atoms with Crippen LogP contribution in [0.5, 0.6) is 0 Å². The molecule has 1 heterocycles. The van der Waals surface area contributed by atoms with E-state index in [-0.39, 0.29) is 18.0 Å². The fourth-order valence-electron chi connectivity index (χ4n) is 3.01. The topological polar surface area (TPSA) is 81.7 Å². The summed E-state index contributed by atoms with van der Waals surface area (Å²) in [6.45, 7) is 1.99. The van der Waals surface area contributed by atoms with Gasteiger partial charge in [-0.05, 0) is 55.5 Å². The van der Waals surface area contributed by atoms with Crippen LogP contribution < -0.4 is 15.7 Å². The summed E-state index contributed by atoms with van der Waals surface area (Å²) in [6, 6.07) is 13.8. The number of hydroxylamine groups is 1. The lowest BCUT2D eigenvalue weighted by Crippen LogP contribution is -2.37. The second kappa shape index (κ2) is 7.13. The van der Waals surface area contributed by atoms with Crippen molar-refractivity contribution in [3.63, 3.8) is 0 Å². The Hall–Kier alpha value is -2.57. The van der Waals surface area contributed by atoms with Crippen molar-refractivity contribution >= 4 is 34.8 Å². The first kappa shape index (κ1) is 17.3. The molecular formula is C18H18ClN3O3. The predicted octanol–water partition coefficient (Wildman–Crippen LogP) is 3.06. The lowest BCUT2D eigenvalue weighted by Gasteiger charge is -2.26. The van der Waals surface area contributed by atoms with Crippen LogP contribution >= 0.6 is 11.6 Å². The monoisotopic (exact) mass is 359 g/mol. The Morgan fingerprint density at radius 1 is 1.16 bits per heavy atom.